The Hall–Kier alpha value is -2.81. The number of aromatic nitrogens is 1. The maximum absolute atomic E-state index is 12.7. The van der Waals surface area contributed by atoms with Crippen LogP contribution in [0.5, 0.6) is 0 Å². The molecule has 2 aromatic rings. The van der Waals surface area contributed by atoms with Gasteiger partial charge < -0.3 is 15.0 Å². The molecule has 9 heteroatoms. The number of hydrogen-bond acceptors (Lipinski definition) is 6. The number of nitrogens with one attached hydrogen (secondary N) is 2. The summed E-state index contributed by atoms with van der Waals surface area (Å²) in [6.07, 6.45) is 2.69. The molecule has 180 valence electrons. The van der Waals surface area contributed by atoms with Crippen LogP contribution in [0.15, 0.2) is 47.5 Å². The summed E-state index contributed by atoms with van der Waals surface area (Å²) in [5, 5.41) is 2.92. The van der Waals surface area contributed by atoms with E-state index < -0.39 is 21.7 Å². The van der Waals surface area contributed by atoms with Gasteiger partial charge in [-0.15, -0.1) is 0 Å². The molecule has 33 heavy (non-hydrogen) atoms. The van der Waals surface area contributed by atoms with Crippen molar-refractivity contribution in [2.45, 2.75) is 69.9 Å². The Kier molecular flexibility index (Phi) is 7.51. The number of alkyl carbamates (subject to hydrolysis) is 1. The van der Waals surface area contributed by atoms with Gasteiger partial charge in [0.1, 0.15) is 11.4 Å². The highest BCUT2D eigenvalue weighted by atomic mass is 32.2. The first-order valence-corrected chi connectivity index (χ1v) is 12.7. The number of benzene rings is 1. The summed E-state index contributed by atoms with van der Waals surface area (Å²) in [5.41, 5.74) is 0.980. The number of amides is 1. The van der Waals surface area contributed by atoms with Gasteiger partial charge in [-0.3, -0.25) is 4.72 Å². The molecule has 2 N–H and O–H groups in total. The summed E-state index contributed by atoms with van der Waals surface area (Å²) < 4.78 is 33.3. The second kappa shape index (κ2) is 9.99. The molecule has 1 saturated heterocycles. The number of hydrogen-bond donors (Lipinski definition) is 2. The Balaban J connectivity index is 1.55. The highest BCUT2D eigenvalue weighted by Gasteiger charge is 2.24. The summed E-state index contributed by atoms with van der Waals surface area (Å²) in [4.78, 5) is 18.7. The average molecular weight is 475 g/mol. The fourth-order valence-electron chi connectivity index (χ4n) is 3.61. The van der Waals surface area contributed by atoms with Crippen LogP contribution >= 0.6 is 0 Å². The zero-order valence-corrected chi connectivity index (χ0v) is 20.8. The van der Waals surface area contributed by atoms with Crippen molar-refractivity contribution in [1.82, 2.24) is 10.3 Å². The summed E-state index contributed by atoms with van der Waals surface area (Å²) >= 11 is 0. The number of piperidine rings is 1. The molecular formula is C24H34N4O4S. The zero-order valence-electron chi connectivity index (χ0n) is 20.0. The van der Waals surface area contributed by atoms with Crippen LogP contribution in [-0.4, -0.2) is 44.2 Å². The molecule has 1 aromatic heterocycles. The molecule has 1 aliphatic heterocycles. The Bertz CT molecular complexity index is 1040. The topological polar surface area (TPSA) is 101 Å². The van der Waals surface area contributed by atoms with Crippen molar-refractivity contribution >= 4 is 27.6 Å². The van der Waals surface area contributed by atoms with Gasteiger partial charge in [-0.05, 0) is 69.4 Å². The normalized spacial score (nSPS) is 15.4. The number of ether oxygens (including phenoxy) is 1. The molecule has 0 radical (unpaired) electrons. The molecule has 0 saturated carbocycles. The van der Waals surface area contributed by atoms with Gasteiger partial charge in [0.05, 0.1) is 16.8 Å². The summed E-state index contributed by atoms with van der Waals surface area (Å²) in [6, 6.07) is 10.5. The van der Waals surface area contributed by atoms with Crippen molar-refractivity contribution in [1.29, 1.82) is 0 Å². The van der Waals surface area contributed by atoms with Crippen molar-refractivity contribution in [2.24, 2.45) is 0 Å². The van der Waals surface area contributed by atoms with Crippen LogP contribution in [0.3, 0.4) is 0 Å². The maximum Gasteiger partial charge on any atom is 0.407 e. The maximum atomic E-state index is 12.7. The third-order valence-corrected chi connectivity index (χ3v) is 6.79. The predicted octanol–water partition coefficient (Wildman–Crippen LogP) is 4.50. The quantitative estimate of drug-likeness (QED) is 0.639. The van der Waals surface area contributed by atoms with E-state index in [1.165, 1.54) is 6.20 Å². The third-order valence-electron chi connectivity index (χ3n) is 5.40. The second-order valence-electron chi connectivity index (χ2n) is 9.64. The molecule has 0 atom stereocenters. The molecule has 0 aliphatic carbocycles. The molecule has 1 fully saturated rings. The summed E-state index contributed by atoms with van der Waals surface area (Å²) in [7, 11) is -3.68. The molecule has 8 nitrogen and oxygen atoms in total. The second-order valence-corrected chi connectivity index (χ2v) is 11.3. The number of rotatable bonds is 6. The van der Waals surface area contributed by atoms with Crippen LogP contribution < -0.4 is 14.9 Å². The summed E-state index contributed by atoms with van der Waals surface area (Å²) in [6.45, 7) is 11.1. The van der Waals surface area contributed by atoms with Crippen LogP contribution in [0, 0.1) is 0 Å². The summed E-state index contributed by atoms with van der Waals surface area (Å²) in [5.74, 6) is 1.11. The minimum absolute atomic E-state index is 0.0595. The van der Waals surface area contributed by atoms with E-state index in [1.807, 2.05) is 32.9 Å². The Morgan fingerprint density at radius 1 is 1.09 bits per heavy atom. The van der Waals surface area contributed by atoms with E-state index in [2.05, 4.69) is 33.8 Å². The molecular weight excluding hydrogens is 440 g/mol. The molecule has 1 aliphatic rings. The van der Waals surface area contributed by atoms with E-state index in [9.17, 15) is 13.2 Å². The fraction of sp³-hybridized carbons (Fsp3) is 0.500. The first-order valence-electron chi connectivity index (χ1n) is 11.3. The Labute approximate surface area is 196 Å². The Morgan fingerprint density at radius 2 is 1.73 bits per heavy atom. The number of sulfonamides is 1. The molecule has 0 unspecified atom stereocenters. The van der Waals surface area contributed by atoms with Gasteiger partial charge in [0.25, 0.3) is 10.0 Å². The minimum Gasteiger partial charge on any atom is -0.444 e. The van der Waals surface area contributed by atoms with Crippen LogP contribution in [0.25, 0.3) is 0 Å². The van der Waals surface area contributed by atoms with Crippen molar-refractivity contribution < 1.29 is 17.9 Å². The largest absolute Gasteiger partial charge is 0.444 e. The van der Waals surface area contributed by atoms with Crippen molar-refractivity contribution in [3.8, 4) is 0 Å². The van der Waals surface area contributed by atoms with Crippen molar-refractivity contribution in [3.05, 3.63) is 48.2 Å². The number of nitrogens with zero attached hydrogens (tertiary/aromatic N) is 2. The van der Waals surface area contributed by atoms with E-state index in [1.54, 1.807) is 24.3 Å². The van der Waals surface area contributed by atoms with Crippen LogP contribution in [0.1, 0.15) is 58.9 Å². The number of pyridine rings is 1. The number of carbonyl (C=O) groups excluding carboxylic acids is 1. The predicted molar refractivity (Wildman–Crippen MR) is 130 cm³/mol. The molecule has 3 rings (SSSR count). The van der Waals surface area contributed by atoms with Crippen LogP contribution in [0.4, 0.5) is 16.3 Å². The monoisotopic (exact) mass is 474 g/mol. The number of carbonyl (C=O) groups is 1. The standard InChI is InChI=1S/C24H34N4O4S/c1-17(2)18-6-9-21(10-7-18)33(30,31)27-20-8-11-22(25-16-20)28-14-12-19(13-15-28)26-23(29)32-24(3,4)5/h6-11,16-17,19,27H,12-15H2,1-5H3,(H,26,29). The lowest BCUT2D eigenvalue weighted by Crippen LogP contribution is -2.46. The molecule has 0 spiro atoms. The lowest BCUT2D eigenvalue weighted by Gasteiger charge is -2.33. The van der Waals surface area contributed by atoms with E-state index in [0.717, 1.165) is 37.3 Å². The van der Waals surface area contributed by atoms with Gasteiger partial charge in [-0.25, -0.2) is 18.2 Å². The van der Waals surface area contributed by atoms with Gasteiger partial charge in [0.15, 0.2) is 0 Å². The zero-order chi connectivity index (χ0) is 24.2. The first kappa shape index (κ1) is 24.8. The first-order chi connectivity index (χ1) is 15.4. The average Bonchev–Trinajstić information content (AvgIpc) is 2.73. The highest BCUT2D eigenvalue weighted by Crippen LogP contribution is 2.23. The minimum atomic E-state index is -3.68. The fourth-order valence-corrected chi connectivity index (χ4v) is 4.65. The van der Waals surface area contributed by atoms with Crippen LogP contribution in [0.2, 0.25) is 0 Å². The van der Waals surface area contributed by atoms with E-state index in [4.69, 9.17) is 4.74 Å². The van der Waals surface area contributed by atoms with Gasteiger partial charge in [0.2, 0.25) is 0 Å². The van der Waals surface area contributed by atoms with Crippen LogP contribution in [-0.2, 0) is 14.8 Å². The molecule has 1 amide bonds. The van der Waals surface area contributed by atoms with E-state index in [-0.39, 0.29) is 10.9 Å². The van der Waals surface area contributed by atoms with E-state index >= 15 is 0 Å². The van der Waals surface area contributed by atoms with Crippen molar-refractivity contribution in [2.75, 3.05) is 22.7 Å². The van der Waals surface area contributed by atoms with Gasteiger partial charge in [0, 0.05) is 19.1 Å². The lowest BCUT2D eigenvalue weighted by atomic mass is 10.0. The lowest BCUT2D eigenvalue weighted by molar-refractivity contribution is 0.0497. The third kappa shape index (κ3) is 7.08. The van der Waals surface area contributed by atoms with Gasteiger partial charge >= 0.3 is 6.09 Å². The molecule has 0 bridgehead atoms. The van der Waals surface area contributed by atoms with Gasteiger partial charge in [-0.1, -0.05) is 26.0 Å². The smallest absolute Gasteiger partial charge is 0.407 e. The number of anilines is 2. The van der Waals surface area contributed by atoms with E-state index in [0.29, 0.717) is 11.6 Å². The molecule has 2 heterocycles. The van der Waals surface area contributed by atoms with Crippen molar-refractivity contribution in [3.63, 3.8) is 0 Å². The highest BCUT2D eigenvalue weighted by molar-refractivity contribution is 7.92. The Morgan fingerprint density at radius 3 is 2.24 bits per heavy atom. The molecule has 1 aromatic carbocycles. The van der Waals surface area contributed by atoms with Gasteiger partial charge in [-0.2, -0.15) is 0 Å². The SMILES string of the molecule is CC(C)c1ccc(S(=O)(=O)Nc2ccc(N3CCC(NC(=O)OC(C)(C)C)CC3)nc2)cc1.